The lowest BCUT2D eigenvalue weighted by molar-refractivity contribution is 0.328. The van der Waals surface area contributed by atoms with Gasteiger partial charge in [-0.25, -0.2) is 31.9 Å². The van der Waals surface area contributed by atoms with Crippen molar-refractivity contribution in [3.05, 3.63) is 85.1 Å². The second-order valence-electron chi connectivity index (χ2n) is 9.31. The molecule has 0 radical (unpaired) electrons. The molecule has 0 bridgehead atoms. The molecule has 11 heteroatoms. The molecule has 0 atom stereocenters. The van der Waals surface area contributed by atoms with E-state index in [-0.39, 0.29) is 15.5 Å². The molecule has 5 aromatic rings. The Morgan fingerprint density at radius 3 is 2.17 bits per heavy atom. The Labute approximate surface area is 238 Å². The summed E-state index contributed by atoms with van der Waals surface area (Å²) in [7, 11) is -7.33. The van der Waals surface area contributed by atoms with Crippen LogP contribution in [-0.2, 0) is 19.9 Å². The smallest absolute Gasteiger partial charge is 0.238 e. The molecule has 9 nitrogen and oxygen atoms in total. The molecule has 3 aromatic carbocycles. The molecule has 0 amide bonds. The number of nitrogens with zero attached hydrogens (tertiary/aromatic N) is 2. The van der Waals surface area contributed by atoms with Crippen LogP contribution in [-0.4, -0.2) is 39.2 Å². The van der Waals surface area contributed by atoms with Crippen molar-refractivity contribution >= 4 is 36.6 Å². The lowest BCUT2D eigenvalue weighted by Crippen LogP contribution is -2.13. The molecule has 2 aromatic heterocycles. The standard InChI is InChI=1S/C30H28N4O5S2/c1-3-39-30-26(24-7-5-6-8-28(24)41(32,37)38)17-22(18-33-30)20-11-14-27-21(15-20)16-25(29(31)34-27)19-9-12-23(13-10-19)40(35,36)4-2/h5-18H,3-4H2,1-2H3,(H2,31,34)(H2,32,37,38). The van der Waals surface area contributed by atoms with Gasteiger partial charge in [0.25, 0.3) is 0 Å². The summed E-state index contributed by atoms with van der Waals surface area (Å²) < 4.78 is 54.8. The number of anilines is 1. The molecule has 5 rings (SSSR count). The topological polar surface area (TPSA) is 155 Å². The number of fused-ring (bicyclic) bond motifs is 1. The molecule has 2 heterocycles. The molecule has 210 valence electrons. The van der Waals surface area contributed by atoms with Crippen molar-refractivity contribution in [1.29, 1.82) is 0 Å². The monoisotopic (exact) mass is 588 g/mol. The Kier molecular flexibility index (Phi) is 7.52. The third-order valence-electron chi connectivity index (χ3n) is 6.70. The molecular formula is C30H28N4O5S2. The number of ether oxygens (including phenoxy) is 1. The Morgan fingerprint density at radius 1 is 0.780 bits per heavy atom. The van der Waals surface area contributed by atoms with Crippen LogP contribution in [0.4, 0.5) is 5.82 Å². The van der Waals surface area contributed by atoms with Gasteiger partial charge in [-0.2, -0.15) is 0 Å². The van der Waals surface area contributed by atoms with Crippen molar-refractivity contribution in [2.75, 3.05) is 18.1 Å². The van der Waals surface area contributed by atoms with Gasteiger partial charge in [0.05, 0.1) is 27.7 Å². The van der Waals surface area contributed by atoms with E-state index >= 15 is 0 Å². The minimum absolute atomic E-state index is 0.0184. The van der Waals surface area contributed by atoms with Gasteiger partial charge in [0, 0.05) is 33.8 Å². The fraction of sp³-hybridized carbons (Fsp3) is 0.133. The van der Waals surface area contributed by atoms with Crippen LogP contribution in [0.5, 0.6) is 5.88 Å². The summed E-state index contributed by atoms with van der Waals surface area (Å²) in [5.41, 5.74) is 10.8. The first kappa shape index (κ1) is 28.2. The predicted molar refractivity (Wildman–Crippen MR) is 161 cm³/mol. The van der Waals surface area contributed by atoms with Crippen LogP contribution in [0.1, 0.15) is 13.8 Å². The highest BCUT2D eigenvalue weighted by atomic mass is 32.2. The number of nitrogens with two attached hydrogens (primary N) is 2. The molecule has 0 aliphatic rings. The molecule has 41 heavy (non-hydrogen) atoms. The Balaban J connectivity index is 1.61. The molecule has 0 unspecified atom stereocenters. The van der Waals surface area contributed by atoms with Crippen molar-refractivity contribution in [3.63, 3.8) is 0 Å². The number of nitrogen functional groups attached to an aromatic ring is 1. The molecule has 0 saturated carbocycles. The fourth-order valence-electron chi connectivity index (χ4n) is 4.60. The van der Waals surface area contributed by atoms with Crippen molar-refractivity contribution in [1.82, 2.24) is 9.97 Å². The second-order valence-corrected chi connectivity index (χ2v) is 13.1. The first-order valence-electron chi connectivity index (χ1n) is 12.8. The van der Waals surface area contributed by atoms with Crippen molar-refractivity contribution in [3.8, 4) is 39.3 Å². The lowest BCUT2D eigenvalue weighted by atomic mass is 9.98. The number of hydrogen-bond donors (Lipinski definition) is 2. The first-order chi connectivity index (χ1) is 19.5. The highest BCUT2D eigenvalue weighted by molar-refractivity contribution is 7.91. The van der Waals surface area contributed by atoms with E-state index in [1.165, 1.54) is 6.07 Å². The number of benzene rings is 3. The van der Waals surface area contributed by atoms with Crippen LogP contribution in [0.15, 0.2) is 94.9 Å². The number of rotatable bonds is 8. The minimum atomic E-state index is -4.00. The zero-order valence-electron chi connectivity index (χ0n) is 22.4. The van der Waals surface area contributed by atoms with Gasteiger partial charge in [-0.1, -0.05) is 43.3 Å². The normalized spacial score (nSPS) is 12.0. The van der Waals surface area contributed by atoms with Gasteiger partial charge in [0.15, 0.2) is 9.84 Å². The highest BCUT2D eigenvalue weighted by Crippen LogP contribution is 2.37. The molecule has 4 N–H and O–H groups in total. The number of aromatic nitrogens is 2. The van der Waals surface area contributed by atoms with E-state index in [0.29, 0.717) is 40.5 Å². The van der Waals surface area contributed by atoms with Gasteiger partial charge < -0.3 is 10.5 Å². The predicted octanol–water partition coefficient (Wildman–Crippen LogP) is 5.05. The Hall–Kier alpha value is -4.32. The molecule has 0 fully saturated rings. The second kappa shape index (κ2) is 10.9. The maximum Gasteiger partial charge on any atom is 0.238 e. The Morgan fingerprint density at radius 2 is 1.49 bits per heavy atom. The SMILES string of the molecule is CCOc1ncc(-c2ccc3nc(N)c(-c4ccc(S(=O)(=O)CC)cc4)cc3c2)cc1-c1ccccc1S(N)(=O)=O. The number of primary sulfonamides is 1. The van der Waals surface area contributed by atoms with E-state index < -0.39 is 19.9 Å². The number of sulfonamides is 1. The zero-order chi connectivity index (χ0) is 29.4. The van der Waals surface area contributed by atoms with Crippen LogP contribution < -0.4 is 15.6 Å². The van der Waals surface area contributed by atoms with Gasteiger partial charge in [0.1, 0.15) is 5.82 Å². The molecular weight excluding hydrogens is 560 g/mol. The van der Waals surface area contributed by atoms with E-state index in [9.17, 15) is 16.8 Å². The number of hydrogen-bond acceptors (Lipinski definition) is 8. The highest BCUT2D eigenvalue weighted by Gasteiger charge is 2.20. The maximum atomic E-state index is 12.3. The van der Waals surface area contributed by atoms with E-state index in [2.05, 4.69) is 9.97 Å². The Bertz CT molecular complexity index is 1990. The van der Waals surface area contributed by atoms with Gasteiger partial charge in [-0.05, 0) is 60.5 Å². The maximum absolute atomic E-state index is 12.3. The van der Waals surface area contributed by atoms with Crippen LogP contribution in [0.2, 0.25) is 0 Å². The van der Waals surface area contributed by atoms with E-state index in [4.69, 9.17) is 15.6 Å². The van der Waals surface area contributed by atoms with Gasteiger partial charge in [0.2, 0.25) is 15.9 Å². The summed E-state index contributed by atoms with van der Waals surface area (Å²) in [5, 5.41) is 6.31. The van der Waals surface area contributed by atoms with E-state index in [1.54, 1.807) is 55.6 Å². The lowest BCUT2D eigenvalue weighted by Gasteiger charge is -2.14. The van der Waals surface area contributed by atoms with Crippen LogP contribution in [0.3, 0.4) is 0 Å². The third kappa shape index (κ3) is 5.64. The summed E-state index contributed by atoms with van der Waals surface area (Å²) >= 11 is 0. The zero-order valence-corrected chi connectivity index (χ0v) is 24.0. The quantitative estimate of drug-likeness (QED) is 0.255. The largest absolute Gasteiger partial charge is 0.478 e. The van der Waals surface area contributed by atoms with Gasteiger partial charge >= 0.3 is 0 Å². The van der Waals surface area contributed by atoms with Crippen LogP contribution in [0.25, 0.3) is 44.3 Å². The summed E-state index contributed by atoms with van der Waals surface area (Å²) in [6.07, 6.45) is 1.66. The summed E-state index contributed by atoms with van der Waals surface area (Å²) in [5.74, 6) is 0.629. The van der Waals surface area contributed by atoms with Gasteiger partial charge in [-0.3, -0.25) is 0 Å². The van der Waals surface area contributed by atoms with Crippen LogP contribution in [0, 0.1) is 0 Å². The summed E-state index contributed by atoms with van der Waals surface area (Å²) in [6, 6.07) is 22.4. The first-order valence-corrected chi connectivity index (χ1v) is 16.0. The number of sulfone groups is 1. The van der Waals surface area contributed by atoms with Crippen molar-refractivity contribution < 1.29 is 21.6 Å². The molecule has 0 aliphatic heterocycles. The molecule has 0 spiro atoms. The van der Waals surface area contributed by atoms with Gasteiger partial charge in [-0.15, -0.1) is 0 Å². The van der Waals surface area contributed by atoms with E-state index in [1.807, 2.05) is 37.3 Å². The average molecular weight is 589 g/mol. The fourth-order valence-corrected chi connectivity index (χ4v) is 6.24. The van der Waals surface area contributed by atoms with E-state index in [0.717, 1.165) is 22.1 Å². The minimum Gasteiger partial charge on any atom is -0.478 e. The van der Waals surface area contributed by atoms with Crippen molar-refractivity contribution in [2.45, 2.75) is 23.6 Å². The van der Waals surface area contributed by atoms with Crippen LogP contribution >= 0.6 is 0 Å². The average Bonchev–Trinajstić information content (AvgIpc) is 2.96. The summed E-state index contributed by atoms with van der Waals surface area (Å²) in [4.78, 5) is 9.28. The number of pyridine rings is 2. The summed E-state index contributed by atoms with van der Waals surface area (Å²) in [6.45, 7) is 3.77. The molecule has 0 aliphatic carbocycles. The third-order valence-corrected chi connectivity index (χ3v) is 9.42. The molecule has 0 saturated heterocycles. The van der Waals surface area contributed by atoms with Crippen molar-refractivity contribution in [2.24, 2.45) is 5.14 Å².